The molecule has 0 spiro atoms. The second kappa shape index (κ2) is 7.61. The van der Waals surface area contributed by atoms with E-state index in [4.69, 9.17) is 19.0 Å². The molecule has 0 unspecified atom stereocenters. The van der Waals surface area contributed by atoms with Crippen molar-refractivity contribution in [2.24, 2.45) is 0 Å². The topological polar surface area (TPSA) is 64.7 Å². The predicted octanol–water partition coefficient (Wildman–Crippen LogP) is 3.43. The Morgan fingerprint density at radius 1 is 1.00 bits per heavy atom. The number of halogens is 1. The van der Waals surface area contributed by atoms with Crippen molar-refractivity contribution < 1.29 is 23.4 Å². The Labute approximate surface area is 138 Å². The quantitative estimate of drug-likeness (QED) is 0.719. The van der Waals surface area contributed by atoms with E-state index in [1.54, 1.807) is 24.3 Å². The maximum Gasteiger partial charge on any atom is 0.226 e. The van der Waals surface area contributed by atoms with E-state index in [0.717, 1.165) is 0 Å². The van der Waals surface area contributed by atoms with Crippen LogP contribution in [-0.4, -0.2) is 23.3 Å². The van der Waals surface area contributed by atoms with Gasteiger partial charge in [0, 0.05) is 5.56 Å². The van der Waals surface area contributed by atoms with Crippen LogP contribution < -0.4 is 9.47 Å². The Morgan fingerprint density at radius 2 is 1.71 bits per heavy atom. The molecule has 0 bridgehead atoms. The summed E-state index contributed by atoms with van der Waals surface area (Å²) in [6.07, 6.45) is 1.50. The number of aromatic nitrogens is 1. The molecule has 1 heterocycles. The number of rotatable bonds is 7. The highest BCUT2D eigenvalue weighted by molar-refractivity contribution is 5.52. The summed E-state index contributed by atoms with van der Waals surface area (Å²) in [6, 6.07) is 13.1. The molecule has 1 N–H and O–H groups in total. The fourth-order valence-electron chi connectivity index (χ4n) is 2.09. The van der Waals surface area contributed by atoms with E-state index in [-0.39, 0.29) is 25.6 Å². The maximum atomic E-state index is 12.9. The van der Waals surface area contributed by atoms with Gasteiger partial charge in [-0.1, -0.05) is 12.1 Å². The minimum atomic E-state index is -0.312. The smallest absolute Gasteiger partial charge is 0.226 e. The highest BCUT2D eigenvalue weighted by atomic mass is 19.1. The first-order valence-electron chi connectivity index (χ1n) is 7.42. The summed E-state index contributed by atoms with van der Waals surface area (Å²) in [5.41, 5.74) is 1.29. The third kappa shape index (κ3) is 3.91. The summed E-state index contributed by atoms with van der Waals surface area (Å²) < 4.78 is 29.4. The summed E-state index contributed by atoms with van der Waals surface area (Å²) >= 11 is 0. The van der Waals surface area contributed by atoms with Crippen LogP contribution in [0.1, 0.15) is 5.69 Å². The lowest BCUT2D eigenvalue weighted by Crippen LogP contribution is -2.04. The van der Waals surface area contributed by atoms with Gasteiger partial charge < -0.3 is 19.0 Å². The Bertz CT molecular complexity index is 786. The Balaban J connectivity index is 1.66. The van der Waals surface area contributed by atoms with Crippen molar-refractivity contribution in [3.8, 4) is 23.0 Å². The van der Waals surface area contributed by atoms with E-state index in [1.165, 1.54) is 18.4 Å². The molecule has 3 rings (SSSR count). The van der Waals surface area contributed by atoms with Crippen LogP contribution in [0.15, 0.2) is 59.2 Å². The first kappa shape index (κ1) is 16.0. The summed E-state index contributed by atoms with van der Waals surface area (Å²) in [5.74, 6) is 1.19. The molecule has 5 nitrogen and oxygen atoms in total. The molecule has 0 aliphatic rings. The summed E-state index contributed by atoms with van der Waals surface area (Å²) in [6.45, 7) is 0.321. The minimum absolute atomic E-state index is 0.0708. The molecule has 0 atom stereocenters. The first-order valence-corrected chi connectivity index (χ1v) is 7.42. The average molecular weight is 329 g/mol. The molecule has 0 aliphatic heterocycles. The zero-order valence-corrected chi connectivity index (χ0v) is 12.8. The molecule has 2 aromatic carbocycles. The van der Waals surface area contributed by atoms with Gasteiger partial charge in [0.15, 0.2) is 11.5 Å². The second-order valence-electron chi connectivity index (χ2n) is 4.96. The lowest BCUT2D eigenvalue weighted by atomic mass is 10.2. The number of hydrogen-bond acceptors (Lipinski definition) is 5. The van der Waals surface area contributed by atoms with Gasteiger partial charge >= 0.3 is 0 Å². The molecule has 0 fully saturated rings. The van der Waals surface area contributed by atoms with Gasteiger partial charge in [-0.3, -0.25) is 0 Å². The van der Waals surface area contributed by atoms with Gasteiger partial charge in [0.25, 0.3) is 0 Å². The SMILES string of the molecule is OCCOc1ccccc1OCc1coc(-c2ccc(F)cc2)n1. The summed E-state index contributed by atoms with van der Waals surface area (Å²) in [5, 5.41) is 8.84. The van der Waals surface area contributed by atoms with Gasteiger partial charge in [-0.15, -0.1) is 0 Å². The van der Waals surface area contributed by atoms with Crippen LogP contribution in [0.4, 0.5) is 4.39 Å². The van der Waals surface area contributed by atoms with E-state index in [9.17, 15) is 4.39 Å². The van der Waals surface area contributed by atoms with Crippen LogP contribution >= 0.6 is 0 Å². The van der Waals surface area contributed by atoms with Gasteiger partial charge in [0.1, 0.15) is 31.0 Å². The van der Waals surface area contributed by atoms with Crippen molar-refractivity contribution >= 4 is 0 Å². The number of benzene rings is 2. The predicted molar refractivity (Wildman–Crippen MR) is 85.3 cm³/mol. The number of hydrogen-bond donors (Lipinski definition) is 1. The lowest BCUT2D eigenvalue weighted by molar-refractivity contribution is 0.192. The van der Waals surface area contributed by atoms with E-state index < -0.39 is 0 Å². The largest absolute Gasteiger partial charge is 0.487 e. The molecule has 3 aromatic rings. The molecule has 0 amide bonds. The normalized spacial score (nSPS) is 10.6. The molecule has 0 radical (unpaired) electrons. The van der Waals surface area contributed by atoms with Crippen molar-refractivity contribution in [2.45, 2.75) is 6.61 Å². The van der Waals surface area contributed by atoms with Gasteiger partial charge in [-0.05, 0) is 36.4 Å². The zero-order chi connectivity index (χ0) is 16.8. The minimum Gasteiger partial charge on any atom is -0.487 e. The molecule has 24 heavy (non-hydrogen) atoms. The molecule has 124 valence electrons. The van der Waals surface area contributed by atoms with Crippen LogP contribution in [0.5, 0.6) is 11.5 Å². The van der Waals surface area contributed by atoms with Gasteiger partial charge in [-0.2, -0.15) is 0 Å². The Morgan fingerprint density at radius 3 is 2.42 bits per heavy atom. The van der Waals surface area contributed by atoms with Crippen molar-refractivity contribution in [3.63, 3.8) is 0 Å². The fourth-order valence-corrected chi connectivity index (χ4v) is 2.09. The summed E-state index contributed by atoms with van der Waals surface area (Å²) in [4.78, 5) is 4.32. The first-order chi connectivity index (χ1) is 11.8. The number of oxazole rings is 1. The molecule has 0 aliphatic carbocycles. The molecule has 6 heteroatoms. The number of ether oxygens (including phenoxy) is 2. The molecular weight excluding hydrogens is 313 g/mol. The summed E-state index contributed by atoms with van der Waals surface area (Å²) in [7, 11) is 0. The van der Waals surface area contributed by atoms with Crippen LogP contribution in [0.2, 0.25) is 0 Å². The van der Waals surface area contributed by atoms with Crippen molar-refractivity contribution in [3.05, 3.63) is 66.3 Å². The third-order valence-corrected chi connectivity index (χ3v) is 3.22. The van der Waals surface area contributed by atoms with Crippen molar-refractivity contribution in [1.82, 2.24) is 4.98 Å². The molecule has 1 aromatic heterocycles. The maximum absolute atomic E-state index is 12.9. The van der Waals surface area contributed by atoms with Gasteiger partial charge in [-0.25, -0.2) is 9.37 Å². The highest BCUT2D eigenvalue weighted by Gasteiger charge is 2.09. The zero-order valence-electron chi connectivity index (χ0n) is 12.8. The van der Waals surface area contributed by atoms with Crippen LogP contribution in [0.25, 0.3) is 11.5 Å². The highest BCUT2D eigenvalue weighted by Crippen LogP contribution is 2.27. The fraction of sp³-hybridized carbons (Fsp3) is 0.167. The number of aliphatic hydroxyl groups excluding tert-OH is 1. The monoisotopic (exact) mass is 329 g/mol. The van der Waals surface area contributed by atoms with Crippen LogP contribution in [-0.2, 0) is 6.61 Å². The molecular formula is C18H16FNO4. The van der Waals surface area contributed by atoms with Gasteiger partial charge in [0.05, 0.1) is 6.61 Å². The van der Waals surface area contributed by atoms with Crippen molar-refractivity contribution in [2.75, 3.05) is 13.2 Å². The van der Waals surface area contributed by atoms with E-state index in [1.807, 2.05) is 12.1 Å². The van der Waals surface area contributed by atoms with E-state index in [0.29, 0.717) is 28.6 Å². The Hall–Kier alpha value is -2.86. The third-order valence-electron chi connectivity index (χ3n) is 3.22. The number of nitrogens with zero attached hydrogens (tertiary/aromatic N) is 1. The van der Waals surface area contributed by atoms with E-state index in [2.05, 4.69) is 4.98 Å². The average Bonchev–Trinajstić information content (AvgIpc) is 3.08. The second-order valence-corrected chi connectivity index (χ2v) is 4.96. The number of para-hydroxylation sites is 2. The Kier molecular flexibility index (Phi) is 5.08. The molecule has 0 saturated heterocycles. The van der Waals surface area contributed by atoms with E-state index >= 15 is 0 Å². The standard InChI is InChI=1S/C18H16FNO4/c19-14-7-5-13(6-8-14)18-20-15(12-24-18)11-23-17-4-2-1-3-16(17)22-10-9-21/h1-8,12,21H,9-11H2. The van der Waals surface area contributed by atoms with Crippen molar-refractivity contribution in [1.29, 1.82) is 0 Å². The van der Waals surface area contributed by atoms with Gasteiger partial charge in [0.2, 0.25) is 5.89 Å². The van der Waals surface area contributed by atoms with Crippen LogP contribution in [0.3, 0.4) is 0 Å². The van der Waals surface area contributed by atoms with Crippen LogP contribution in [0, 0.1) is 5.82 Å². The number of aliphatic hydroxyl groups is 1. The lowest BCUT2D eigenvalue weighted by Gasteiger charge is -2.10. The molecule has 0 saturated carbocycles.